The van der Waals surface area contributed by atoms with Crippen LogP contribution in [0.15, 0.2) is 52.0 Å². The lowest BCUT2D eigenvalue weighted by molar-refractivity contribution is -0.129. The largest absolute Gasteiger partial charge is 0.462 e. The zero-order chi connectivity index (χ0) is 21.3. The fourth-order valence-corrected chi connectivity index (χ4v) is 3.37. The zero-order valence-electron chi connectivity index (χ0n) is 16.6. The van der Waals surface area contributed by atoms with Crippen molar-refractivity contribution in [3.05, 3.63) is 65.4 Å². The summed E-state index contributed by atoms with van der Waals surface area (Å²) in [7, 11) is 0. The van der Waals surface area contributed by atoms with E-state index >= 15 is 0 Å². The van der Waals surface area contributed by atoms with Gasteiger partial charge in [0.15, 0.2) is 0 Å². The highest BCUT2D eigenvalue weighted by atomic mass is 32.2. The molecule has 2 amide bonds. The van der Waals surface area contributed by atoms with E-state index in [0.717, 1.165) is 17.1 Å². The summed E-state index contributed by atoms with van der Waals surface area (Å²) >= 11 is 1.23. The van der Waals surface area contributed by atoms with E-state index < -0.39 is 5.91 Å². The van der Waals surface area contributed by atoms with Crippen molar-refractivity contribution in [3.8, 4) is 0 Å². The number of furan rings is 1. The maximum Gasteiger partial charge on any atom is 0.233 e. The summed E-state index contributed by atoms with van der Waals surface area (Å²) in [6, 6.07) is 13.4. The summed E-state index contributed by atoms with van der Waals surface area (Å²) in [6.07, 6.45) is 3.66. The number of nitrogens with one attached hydrogen (secondary N) is 1. The van der Waals surface area contributed by atoms with Crippen LogP contribution in [0.1, 0.15) is 29.3 Å². The number of primary amides is 1. The Bertz CT molecular complexity index is 1010. The smallest absolute Gasteiger partial charge is 0.233 e. The van der Waals surface area contributed by atoms with E-state index in [0.29, 0.717) is 17.5 Å². The maximum atomic E-state index is 12.7. The third-order valence-corrected chi connectivity index (χ3v) is 5.00. The van der Waals surface area contributed by atoms with Gasteiger partial charge in [-0.3, -0.25) is 14.7 Å². The van der Waals surface area contributed by atoms with Gasteiger partial charge in [-0.25, -0.2) is 4.98 Å². The van der Waals surface area contributed by atoms with Crippen molar-refractivity contribution in [2.45, 2.75) is 25.0 Å². The molecular formula is C21H23N5O3S. The Kier molecular flexibility index (Phi) is 7.45. The molecule has 0 unspecified atom stereocenters. The Balaban J connectivity index is 1.57. The van der Waals surface area contributed by atoms with Crippen LogP contribution in [-0.4, -0.2) is 44.2 Å². The van der Waals surface area contributed by atoms with Gasteiger partial charge in [0.2, 0.25) is 17.0 Å². The minimum absolute atomic E-state index is 0.113. The van der Waals surface area contributed by atoms with Crippen LogP contribution < -0.4 is 5.73 Å². The Morgan fingerprint density at radius 3 is 2.70 bits per heavy atom. The highest BCUT2D eigenvalue weighted by molar-refractivity contribution is 7.99. The predicted octanol–water partition coefficient (Wildman–Crippen LogP) is 2.87. The van der Waals surface area contributed by atoms with Gasteiger partial charge in [0.25, 0.3) is 0 Å². The number of aromatic amines is 1. The first-order valence-corrected chi connectivity index (χ1v) is 10.4. The van der Waals surface area contributed by atoms with Crippen LogP contribution in [0.2, 0.25) is 0 Å². The highest BCUT2D eigenvalue weighted by Crippen LogP contribution is 2.16. The molecule has 0 aliphatic rings. The van der Waals surface area contributed by atoms with Crippen LogP contribution in [0.5, 0.6) is 0 Å². The number of nitrogens with two attached hydrogens (primary N) is 1. The first kappa shape index (κ1) is 21.4. The molecule has 3 aromatic rings. The zero-order valence-corrected chi connectivity index (χ0v) is 17.4. The fraction of sp³-hybridized carbons (Fsp3) is 0.238. The monoisotopic (exact) mass is 425 g/mol. The molecule has 3 rings (SSSR count). The standard InChI is InChI=1S/C21H23N5O3S/c1-15-7-8-17(29-15)9-10-19-23-21(25-24-19)30-14-20(28)26(12-11-18(22)27)13-16-5-3-2-4-6-16/h2-10H,11-14H2,1H3,(H2,22,27)(H,23,24,25)/b10-9+. The van der Waals surface area contributed by atoms with E-state index in [2.05, 4.69) is 15.2 Å². The number of amides is 2. The highest BCUT2D eigenvalue weighted by Gasteiger charge is 2.16. The molecule has 0 saturated carbocycles. The number of H-pyrrole nitrogens is 1. The number of hydrogen-bond donors (Lipinski definition) is 2. The topological polar surface area (TPSA) is 118 Å². The maximum absolute atomic E-state index is 12.7. The van der Waals surface area contributed by atoms with Crippen molar-refractivity contribution in [2.75, 3.05) is 12.3 Å². The van der Waals surface area contributed by atoms with E-state index in [-0.39, 0.29) is 24.6 Å². The minimum Gasteiger partial charge on any atom is -0.462 e. The average molecular weight is 426 g/mol. The Morgan fingerprint density at radius 2 is 2.00 bits per heavy atom. The van der Waals surface area contributed by atoms with Gasteiger partial charge in [0.1, 0.15) is 17.3 Å². The molecule has 2 aromatic heterocycles. The van der Waals surface area contributed by atoms with E-state index in [1.54, 1.807) is 17.1 Å². The Hall–Kier alpha value is -3.33. The van der Waals surface area contributed by atoms with Crippen LogP contribution in [0.25, 0.3) is 12.2 Å². The molecule has 1 aromatic carbocycles. The second kappa shape index (κ2) is 10.4. The van der Waals surface area contributed by atoms with E-state index in [1.165, 1.54) is 11.8 Å². The van der Waals surface area contributed by atoms with Gasteiger partial charge < -0.3 is 15.1 Å². The number of thioether (sulfide) groups is 1. The van der Waals surface area contributed by atoms with Crippen molar-refractivity contribution in [2.24, 2.45) is 5.73 Å². The van der Waals surface area contributed by atoms with Crippen molar-refractivity contribution < 1.29 is 14.0 Å². The lowest BCUT2D eigenvalue weighted by Gasteiger charge is -2.22. The van der Waals surface area contributed by atoms with Crippen LogP contribution in [0, 0.1) is 6.92 Å². The molecule has 0 aliphatic carbocycles. The second-order valence-corrected chi connectivity index (χ2v) is 7.53. The number of aromatic nitrogens is 3. The molecule has 0 aliphatic heterocycles. The van der Waals surface area contributed by atoms with Crippen molar-refractivity contribution in [3.63, 3.8) is 0 Å². The van der Waals surface area contributed by atoms with Crippen LogP contribution in [-0.2, 0) is 16.1 Å². The molecule has 0 spiro atoms. The molecule has 0 fully saturated rings. The van der Waals surface area contributed by atoms with Gasteiger partial charge in [-0.2, -0.15) is 0 Å². The summed E-state index contributed by atoms with van der Waals surface area (Å²) in [6.45, 7) is 2.56. The Labute approximate surface area is 178 Å². The van der Waals surface area contributed by atoms with Gasteiger partial charge in [-0.05, 0) is 36.8 Å². The molecule has 9 heteroatoms. The quantitative estimate of drug-likeness (QED) is 0.482. The third kappa shape index (κ3) is 6.63. The molecule has 2 heterocycles. The summed E-state index contributed by atoms with van der Waals surface area (Å²) < 4.78 is 5.47. The van der Waals surface area contributed by atoms with Gasteiger partial charge in [-0.15, -0.1) is 5.10 Å². The lowest BCUT2D eigenvalue weighted by Crippen LogP contribution is -2.34. The number of carbonyl (C=O) groups excluding carboxylic acids is 2. The molecule has 0 atom stereocenters. The summed E-state index contributed by atoms with van der Waals surface area (Å²) in [5.74, 6) is 1.72. The van der Waals surface area contributed by atoms with Gasteiger partial charge in [0.05, 0.1) is 5.75 Å². The predicted molar refractivity (Wildman–Crippen MR) is 115 cm³/mol. The van der Waals surface area contributed by atoms with Crippen molar-refractivity contribution in [1.29, 1.82) is 0 Å². The molecule has 156 valence electrons. The van der Waals surface area contributed by atoms with E-state index in [4.69, 9.17) is 10.2 Å². The molecule has 8 nitrogen and oxygen atoms in total. The van der Waals surface area contributed by atoms with Crippen molar-refractivity contribution in [1.82, 2.24) is 20.1 Å². The summed E-state index contributed by atoms with van der Waals surface area (Å²) in [5, 5.41) is 7.41. The first-order chi connectivity index (χ1) is 14.5. The van der Waals surface area contributed by atoms with Crippen LogP contribution in [0.3, 0.4) is 0 Å². The first-order valence-electron chi connectivity index (χ1n) is 9.39. The minimum atomic E-state index is -0.439. The number of benzene rings is 1. The SMILES string of the molecule is Cc1ccc(/C=C/c2nc(SCC(=O)N(CCC(N)=O)Cc3ccccc3)n[nH]2)o1. The fourth-order valence-electron chi connectivity index (χ4n) is 2.66. The number of hydrogen-bond acceptors (Lipinski definition) is 6. The Morgan fingerprint density at radius 1 is 1.20 bits per heavy atom. The number of nitrogens with zero attached hydrogens (tertiary/aromatic N) is 3. The number of aryl methyl sites for hydroxylation is 1. The normalized spacial score (nSPS) is 11.1. The summed E-state index contributed by atoms with van der Waals surface area (Å²) in [4.78, 5) is 29.9. The number of rotatable bonds is 10. The van der Waals surface area contributed by atoms with E-state index in [9.17, 15) is 9.59 Å². The molecule has 0 radical (unpaired) electrons. The molecule has 3 N–H and O–H groups in total. The van der Waals surface area contributed by atoms with Crippen LogP contribution in [0.4, 0.5) is 0 Å². The van der Waals surface area contributed by atoms with Crippen LogP contribution >= 0.6 is 11.8 Å². The summed E-state index contributed by atoms with van der Waals surface area (Å²) in [5.41, 5.74) is 6.24. The molecule has 0 bridgehead atoms. The number of carbonyl (C=O) groups is 2. The average Bonchev–Trinajstić information content (AvgIpc) is 3.37. The molecule has 0 saturated heterocycles. The van der Waals surface area contributed by atoms with Gasteiger partial charge >= 0.3 is 0 Å². The molecular weight excluding hydrogens is 402 g/mol. The van der Waals surface area contributed by atoms with Gasteiger partial charge in [0, 0.05) is 19.5 Å². The third-order valence-electron chi connectivity index (χ3n) is 4.17. The molecule has 30 heavy (non-hydrogen) atoms. The van der Waals surface area contributed by atoms with Gasteiger partial charge in [-0.1, -0.05) is 42.1 Å². The lowest BCUT2D eigenvalue weighted by atomic mass is 10.2. The van der Waals surface area contributed by atoms with Crippen molar-refractivity contribution >= 4 is 35.7 Å². The second-order valence-electron chi connectivity index (χ2n) is 6.59. The van der Waals surface area contributed by atoms with E-state index in [1.807, 2.05) is 49.4 Å².